The molecule has 160 valence electrons. The number of nitrogens with one attached hydrogen (secondary N) is 1. The fraction of sp³-hybridized carbons (Fsp3) is 0.400. The number of benzene rings is 1. The number of amides is 1. The minimum atomic E-state index is -0.594. The Labute approximate surface area is 188 Å². The van der Waals surface area contributed by atoms with Crippen LogP contribution < -0.4 is 20.5 Å². The number of hydrogen-bond acceptors (Lipinski definition) is 5. The standard InChI is InChI=1S/C20H28N4O4.HI/c1-6-22-20(23-11-15-7-8-16(28-15)19(21)25)24(3)12-14-10-18(27-5)17(26-4)9-13(14)2;/h7-10H,6,11-12H2,1-5H3,(H2,21,25)(H,22,23);1H. The second-order valence-electron chi connectivity index (χ2n) is 6.29. The predicted molar refractivity (Wildman–Crippen MR) is 123 cm³/mol. The van der Waals surface area contributed by atoms with Crippen LogP contribution in [0.3, 0.4) is 0 Å². The highest BCUT2D eigenvalue weighted by atomic mass is 127. The SMILES string of the molecule is CCNC(=NCc1ccc(C(N)=O)o1)N(C)Cc1cc(OC)c(OC)cc1C.I. The molecule has 1 heterocycles. The zero-order valence-corrected chi connectivity index (χ0v) is 19.8. The fourth-order valence-corrected chi connectivity index (χ4v) is 2.74. The van der Waals surface area contributed by atoms with Gasteiger partial charge in [0.1, 0.15) is 12.3 Å². The van der Waals surface area contributed by atoms with Gasteiger partial charge in [0, 0.05) is 20.1 Å². The lowest BCUT2D eigenvalue weighted by molar-refractivity contribution is 0.0972. The van der Waals surface area contributed by atoms with Crippen molar-refractivity contribution >= 4 is 35.8 Å². The molecule has 29 heavy (non-hydrogen) atoms. The van der Waals surface area contributed by atoms with Crippen LogP contribution in [-0.4, -0.2) is 44.6 Å². The molecule has 0 fully saturated rings. The maximum Gasteiger partial charge on any atom is 0.284 e. The van der Waals surface area contributed by atoms with Gasteiger partial charge >= 0.3 is 0 Å². The number of carbonyl (C=O) groups is 1. The lowest BCUT2D eigenvalue weighted by Crippen LogP contribution is -2.38. The van der Waals surface area contributed by atoms with Crippen LogP contribution >= 0.6 is 24.0 Å². The minimum absolute atomic E-state index is 0. The molecule has 0 atom stereocenters. The van der Waals surface area contributed by atoms with Gasteiger partial charge in [0.25, 0.3) is 5.91 Å². The Balaban J connectivity index is 0.00000420. The first kappa shape index (κ1) is 24.6. The van der Waals surface area contributed by atoms with Crippen molar-refractivity contribution in [2.75, 3.05) is 27.8 Å². The van der Waals surface area contributed by atoms with Crippen LogP contribution in [0.1, 0.15) is 34.4 Å². The highest BCUT2D eigenvalue weighted by molar-refractivity contribution is 14.0. The van der Waals surface area contributed by atoms with Crippen molar-refractivity contribution < 1.29 is 18.7 Å². The number of hydrogen-bond donors (Lipinski definition) is 2. The molecule has 0 aliphatic heterocycles. The maximum absolute atomic E-state index is 11.1. The van der Waals surface area contributed by atoms with Crippen LogP contribution in [0.15, 0.2) is 33.7 Å². The van der Waals surface area contributed by atoms with E-state index in [1.165, 1.54) is 0 Å². The zero-order valence-electron chi connectivity index (χ0n) is 17.4. The molecule has 0 unspecified atom stereocenters. The number of nitrogens with two attached hydrogens (primary N) is 1. The smallest absolute Gasteiger partial charge is 0.284 e. The van der Waals surface area contributed by atoms with Gasteiger partial charge in [-0.1, -0.05) is 0 Å². The molecule has 0 bridgehead atoms. The van der Waals surface area contributed by atoms with Crippen molar-refractivity contribution in [1.29, 1.82) is 0 Å². The Kier molecular flexibility index (Phi) is 9.79. The van der Waals surface area contributed by atoms with Gasteiger partial charge in [0.05, 0.1) is 14.2 Å². The number of rotatable bonds is 8. The lowest BCUT2D eigenvalue weighted by Gasteiger charge is -2.23. The van der Waals surface area contributed by atoms with Gasteiger partial charge < -0.3 is 29.8 Å². The monoisotopic (exact) mass is 516 g/mol. The number of guanidine groups is 1. The van der Waals surface area contributed by atoms with Crippen LogP contribution in [0.5, 0.6) is 11.5 Å². The molecule has 2 aromatic rings. The summed E-state index contributed by atoms with van der Waals surface area (Å²) in [5.41, 5.74) is 7.41. The summed E-state index contributed by atoms with van der Waals surface area (Å²) < 4.78 is 16.1. The van der Waals surface area contributed by atoms with Crippen LogP contribution in [0.2, 0.25) is 0 Å². The summed E-state index contributed by atoms with van der Waals surface area (Å²) in [6.45, 7) is 5.68. The van der Waals surface area contributed by atoms with E-state index in [0.717, 1.165) is 17.7 Å². The Bertz CT molecular complexity index is 851. The molecule has 0 aliphatic carbocycles. The third kappa shape index (κ3) is 6.55. The summed E-state index contributed by atoms with van der Waals surface area (Å²) in [6, 6.07) is 7.18. The van der Waals surface area contributed by atoms with Crippen molar-refractivity contribution in [3.8, 4) is 11.5 Å². The van der Waals surface area contributed by atoms with E-state index in [2.05, 4.69) is 10.3 Å². The second kappa shape index (κ2) is 11.5. The van der Waals surface area contributed by atoms with Crippen molar-refractivity contribution in [3.05, 3.63) is 46.9 Å². The number of furan rings is 1. The molecule has 0 spiro atoms. The van der Waals surface area contributed by atoms with Crippen molar-refractivity contribution in [2.24, 2.45) is 10.7 Å². The average Bonchev–Trinajstić information content (AvgIpc) is 3.15. The van der Waals surface area contributed by atoms with Gasteiger partial charge in [-0.25, -0.2) is 4.99 Å². The number of ether oxygens (including phenoxy) is 2. The number of nitrogens with zero attached hydrogens (tertiary/aromatic N) is 2. The molecule has 0 radical (unpaired) electrons. The highest BCUT2D eigenvalue weighted by Crippen LogP contribution is 2.30. The van der Waals surface area contributed by atoms with E-state index in [9.17, 15) is 4.79 Å². The maximum atomic E-state index is 11.1. The molecule has 1 amide bonds. The van der Waals surface area contributed by atoms with Crippen molar-refractivity contribution in [2.45, 2.75) is 26.9 Å². The summed E-state index contributed by atoms with van der Waals surface area (Å²) in [5, 5.41) is 3.26. The Morgan fingerprint density at radius 3 is 2.45 bits per heavy atom. The normalized spacial score (nSPS) is 10.9. The molecule has 2 rings (SSSR count). The lowest BCUT2D eigenvalue weighted by atomic mass is 10.1. The molecule has 8 nitrogen and oxygen atoms in total. The third-order valence-corrected chi connectivity index (χ3v) is 4.24. The van der Waals surface area contributed by atoms with Gasteiger partial charge in [0.15, 0.2) is 23.2 Å². The number of aliphatic imine (C=N–C) groups is 1. The molecule has 0 aliphatic rings. The largest absolute Gasteiger partial charge is 0.493 e. The zero-order chi connectivity index (χ0) is 20.7. The predicted octanol–water partition coefficient (Wildman–Crippen LogP) is 2.92. The number of carbonyl (C=O) groups excluding carboxylic acids is 1. The summed E-state index contributed by atoms with van der Waals surface area (Å²) in [7, 11) is 5.20. The van der Waals surface area contributed by atoms with E-state index >= 15 is 0 Å². The average molecular weight is 516 g/mol. The summed E-state index contributed by atoms with van der Waals surface area (Å²) >= 11 is 0. The summed E-state index contributed by atoms with van der Waals surface area (Å²) in [6.07, 6.45) is 0. The minimum Gasteiger partial charge on any atom is -0.493 e. The van der Waals surface area contributed by atoms with E-state index in [4.69, 9.17) is 19.6 Å². The molecule has 3 N–H and O–H groups in total. The third-order valence-electron chi connectivity index (χ3n) is 4.24. The molecular weight excluding hydrogens is 487 g/mol. The Hall–Kier alpha value is -2.43. The first-order chi connectivity index (χ1) is 13.4. The Morgan fingerprint density at radius 2 is 1.90 bits per heavy atom. The second-order valence-corrected chi connectivity index (χ2v) is 6.29. The molecule has 0 saturated heterocycles. The fourth-order valence-electron chi connectivity index (χ4n) is 2.74. The number of halogens is 1. The van der Waals surface area contributed by atoms with Gasteiger partial charge in [-0.3, -0.25) is 4.79 Å². The van der Waals surface area contributed by atoms with Crippen LogP contribution in [0.4, 0.5) is 0 Å². The topological polar surface area (TPSA) is 102 Å². The van der Waals surface area contributed by atoms with E-state index in [1.54, 1.807) is 26.4 Å². The van der Waals surface area contributed by atoms with Gasteiger partial charge in [0.2, 0.25) is 0 Å². The van der Waals surface area contributed by atoms with Crippen LogP contribution in [0, 0.1) is 6.92 Å². The molecule has 1 aromatic heterocycles. The van der Waals surface area contributed by atoms with Crippen molar-refractivity contribution in [1.82, 2.24) is 10.2 Å². The van der Waals surface area contributed by atoms with Gasteiger partial charge in [-0.15, -0.1) is 24.0 Å². The first-order valence-corrected chi connectivity index (χ1v) is 8.99. The van der Waals surface area contributed by atoms with Crippen LogP contribution in [0.25, 0.3) is 0 Å². The number of primary amides is 1. The highest BCUT2D eigenvalue weighted by Gasteiger charge is 2.13. The summed E-state index contributed by atoms with van der Waals surface area (Å²) in [5.74, 6) is 2.21. The van der Waals surface area contributed by atoms with Gasteiger partial charge in [-0.05, 0) is 49.2 Å². The van der Waals surface area contributed by atoms with E-state index in [1.807, 2.05) is 37.9 Å². The molecular formula is C20H29IN4O4. The Morgan fingerprint density at radius 1 is 1.24 bits per heavy atom. The van der Waals surface area contributed by atoms with E-state index < -0.39 is 5.91 Å². The summed E-state index contributed by atoms with van der Waals surface area (Å²) in [4.78, 5) is 17.7. The van der Waals surface area contributed by atoms with Gasteiger partial charge in [-0.2, -0.15) is 0 Å². The number of aryl methyl sites for hydroxylation is 1. The van der Waals surface area contributed by atoms with E-state index in [0.29, 0.717) is 36.3 Å². The molecule has 9 heteroatoms. The van der Waals surface area contributed by atoms with Crippen LogP contribution in [-0.2, 0) is 13.1 Å². The molecule has 1 aromatic carbocycles. The quantitative estimate of drug-likeness (QED) is 0.318. The van der Waals surface area contributed by atoms with E-state index in [-0.39, 0.29) is 29.7 Å². The number of methoxy groups -OCH3 is 2. The first-order valence-electron chi connectivity index (χ1n) is 8.99. The molecule has 0 saturated carbocycles. The van der Waals surface area contributed by atoms with Crippen molar-refractivity contribution in [3.63, 3.8) is 0 Å².